The van der Waals surface area contributed by atoms with E-state index in [1.807, 2.05) is 0 Å². The fourth-order valence-corrected chi connectivity index (χ4v) is 2.49. The first kappa shape index (κ1) is 14.3. The molecule has 94 valence electrons. The highest BCUT2D eigenvalue weighted by Crippen LogP contribution is 2.16. The van der Waals surface area contributed by atoms with E-state index < -0.39 is 15.7 Å². The maximum absolute atomic E-state index is 13.0. The highest BCUT2D eigenvalue weighted by atomic mass is 79.9. The predicted octanol–water partition coefficient (Wildman–Crippen LogP) is 2.60. The molecule has 0 aromatic heterocycles. The van der Waals surface area contributed by atoms with E-state index in [2.05, 4.69) is 15.9 Å². The lowest BCUT2D eigenvalue weighted by molar-refractivity contribution is 0.0981. The Labute approximate surface area is 108 Å². The summed E-state index contributed by atoms with van der Waals surface area (Å²) in [5, 5.41) is 0. The largest absolute Gasteiger partial charge is 0.294 e. The molecule has 0 saturated heterocycles. The maximum atomic E-state index is 13.0. The molecule has 1 aromatic rings. The molecule has 1 aromatic carbocycles. The van der Waals surface area contributed by atoms with Gasteiger partial charge < -0.3 is 0 Å². The van der Waals surface area contributed by atoms with Crippen molar-refractivity contribution in [3.63, 3.8) is 0 Å². The SMILES string of the molecule is CS(=O)(=O)CCCC(=O)c1cc(F)cc(Br)c1. The van der Waals surface area contributed by atoms with Crippen molar-refractivity contribution in [2.75, 3.05) is 12.0 Å². The molecule has 0 aliphatic carbocycles. The van der Waals surface area contributed by atoms with Crippen LogP contribution in [0, 0.1) is 5.82 Å². The van der Waals surface area contributed by atoms with E-state index in [-0.39, 0.29) is 29.9 Å². The first-order valence-corrected chi connectivity index (χ1v) is 7.80. The number of ketones is 1. The molecule has 0 unspecified atom stereocenters. The molecule has 0 amide bonds. The zero-order chi connectivity index (χ0) is 13.1. The summed E-state index contributed by atoms with van der Waals surface area (Å²) in [4.78, 5) is 11.7. The number of carbonyl (C=O) groups is 1. The molecule has 0 N–H and O–H groups in total. The van der Waals surface area contributed by atoms with E-state index in [0.29, 0.717) is 4.47 Å². The molecule has 0 atom stereocenters. The third-order valence-corrected chi connectivity index (χ3v) is 3.59. The minimum Gasteiger partial charge on any atom is -0.294 e. The first-order chi connectivity index (χ1) is 7.78. The molecule has 0 aliphatic heterocycles. The van der Waals surface area contributed by atoms with Crippen LogP contribution in [0.1, 0.15) is 23.2 Å². The average Bonchev–Trinajstić information content (AvgIpc) is 2.13. The van der Waals surface area contributed by atoms with Gasteiger partial charge in [0.25, 0.3) is 0 Å². The van der Waals surface area contributed by atoms with E-state index in [1.165, 1.54) is 12.1 Å². The third kappa shape index (κ3) is 5.41. The number of Topliss-reactive ketones (excluding diaryl/α,β-unsaturated/α-hetero) is 1. The van der Waals surface area contributed by atoms with Crippen LogP contribution in [0.15, 0.2) is 22.7 Å². The molecule has 6 heteroatoms. The summed E-state index contributed by atoms with van der Waals surface area (Å²) in [6.45, 7) is 0. The lowest BCUT2D eigenvalue weighted by atomic mass is 10.1. The lowest BCUT2D eigenvalue weighted by Gasteiger charge is -2.02. The Hall–Kier alpha value is -0.750. The second kappa shape index (κ2) is 5.73. The van der Waals surface area contributed by atoms with Crippen LogP contribution < -0.4 is 0 Å². The van der Waals surface area contributed by atoms with Crippen molar-refractivity contribution in [2.45, 2.75) is 12.8 Å². The standard InChI is InChI=1S/C11H12BrFO3S/c1-17(15,16)4-2-3-11(14)8-5-9(12)7-10(13)6-8/h5-7H,2-4H2,1H3. The molecule has 0 bridgehead atoms. The fraction of sp³-hybridized carbons (Fsp3) is 0.364. The fourth-order valence-electron chi connectivity index (χ4n) is 1.35. The van der Waals surface area contributed by atoms with Crippen LogP contribution >= 0.6 is 15.9 Å². The molecule has 17 heavy (non-hydrogen) atoms. The molecule has 0 aliphatic rings. The van der Waals surface area contributed by atoms with Crippen molar-refractivity contribution in [3.05, 3.63) is 34.1 Å². The van der Waals surface area contributed by atoms with E-state index in [4.69, 9.17) is 0 Å². The molecular weight excluding hydrogens is 311 g/mol. The van der Waals surface area contributed by atoms with Gasteiger partial charge in [-0.2, -0.15) is 0 Å². The van der Waals surface area contributed by atoms with E-state index in [1.54, 1.807) is 0 Å². The quantitative estimate of drug-likeness (QED) is 0.783. The maximum Gasteiger partial charge on any atom is 0.163 e. The number of carbonyl (C=O) groups excluding carboxylic acids is 1. The van der Waals surface area contributed by atoms with Gasteiger partial charge in [-0.3, -0.25) is 4.79 Å². The Morgan fingerprint density at radius 3 is 2.53 bits per heavy atom. The normalized spacial score (nSPS) is 11.5. The Balaban J connectivity index is 2.64. The zero-order valence-electron chi connectivity index (χ0n) is 9.24. The van der Waals surface area contributed by atoms with Gasteiger partial charge in [-0.15, -0.1) is 0 Å². The molecule has 3 nitrogen and oxygen atoms in total. The van der Waals surface area contributed by atoms with E-state index in [0.717, 1.165) is 12.3 Å². The van der Waals surface area contributed by atoms with Gasteiger partial charge in [0.05, 0.1) is 5.75 Å². The summed E-state index contributed by atoms with van der Waals surface area (Å²) in [5.74, 6) is -0.783. The van der Waals surface area contributed by atoms with Gasteiger partial charge in [-0.05, 0) is 24.6 Å². The highest BCUT2D eigenvalue weighted by Gasteiger charge is 2.10. The molecule has 1 rings (SSSR count). The monoisotopic (exact) mass is 322 g/mol. The summed E-state index contributed by atoms with van der Waals surface area (Å²) >= 11 is 3.09. The van der Waals surface area contributed by atoms with Gasteiger partial charge in [-0.1, -0.05) is 15.9 Å². The van der Waals surface area contributed by atoms with Crippen LogP contribution in [0.3, 0.4) is 0 Å². The lowest BCUT2D eigenvalue weighted by Crippen LogP contribution is -2.06. The minimum atomic E-state index is -3.05. The molecule has 0 radical (unpaired) electrons. The highest BCUT2D eigenvalue weighted by molar-refractivity contribution is 9.10. The molecule has 0 saturated carbocycles. The topological polar surface area (TPSA) is 51.2 Å². The van der Waals surface area contributed by atoms with Crippen molar-refractivity contribution < 1.29 is 17.6 Å². The summed E-state index contributed by atoms with van der Waals surface area (Å²) in [5.41, 5.74) is 0.255. The number of hydrogen-bond donors (Lipinski definition) is 0. The van der Waals surface area contributed by atoms with Crippen LogP contribution in [0.2, 0.25) is 0 Å². The minimum absolute atomic E-state index is 0.0325. The number of halogens is 2. The number of rotatable bonds is 5. The van der Waals surface area contributed by atoms with Crippen molar-refractivity contribution in [1.82, 2.24) is 0 Å². The van der Waals surface area contributed by atoms with Gasteiger partial charge in [0.15, 0.2) is 5.78 Å². The predicted molar refractivity (Wildman–Crippen MR) is 67.4 cm³/mol. The van der Waals surface area contributed by atoms with Crippen LogP contribution in [-0.2, 0) is 9.84 Å². The summed E-state index contributed by atoms with van der Waals surface area (Å²) < 4.78 is 35.3. The van der Waals surface area contributed by atoms with Gasteiger partial charge in [0.1, 0.15) is 15.7 Å². The molecule has 0 spiro atoms. The summed E-state index contributed by atoms with van der Waals surface area (Å²) in [6.07, 6.45) is 1.48. The Kier molecular flexibility index (Phi) is 4.82. The van der Waals surface area contributed by atoms with Crippen LogP contribution in [0.25, 0.3) is 0 Å². The Morgan fingerprint density at radius 2 is 2.00 bits per heavy atom. The molecule has 0 fully saturated rings. The number of benzene rings is 1. The molecular formula is C11H12BrFO3S. The van der Waals surface area contributed by atoms with Crippen molar-refractivity contribution in [3.8, 4) is 0 Å². The summed E-state index contributed by atoms with van der Waals surface area (Å²) in [6, 6.07) is 3.92. The van der Waals surface area contributed by atoms with Crippen LogP contribution in [0.4, 0.5) is 4.39 Å². The van der Waals surface area contributed by atoms with E-state index in [9.17, 15) is 17.6 Å². The van der Waals surface area contributed by atoms with Gasteiger partial charge in [0.2, 0.25) is 0 Å². The molecule has 0 heterocycles. The second-order valence-corrected chi connectivity index (χ2v) is 6.99. The Morgan fingerprint density at radius 1 is 1.35 bits per heavy atom. The van der Waals surface area contributed by atoms with Crippen LogP contribution in [-0.4, -0.2) is 26.2 Å². The smallest absolute Gasteiger partial charge is 0.163 e. The second-order valence-electron chi connectivity index (χ2n) is 3.81. The zero-order valence-corrected chi connectivity index (χ0v) is 11.6. The van der Waals surface area contributed by atoms with Gasteiger partial charge in [-0.25, -0.2) is 12.8 Å². The number of hydrogen-bond acceptors (Lipinski definition) is 3. The van der Waals surface area contributed by atoms with Crippen LogP contribution in [0.5, 0.6) is 0 Å². The Bertz CT molecular complexity index is 505. The van der Waals surface area contributed by atoms with Crippen molar-refractivity contribution >= 4 is 31.6 Å². The average molecular weight is 323 g/mol. The summed E-state index contributed by atoms with van der Waals surface area (Å²) in [7, 11) is -3.05. The number of sulfone groups is 1. The van der Waals surface area contributed by atoms with Gasteiger partial charge in [0, 0.05) is 22.7 Å². The first-order valence-electron chi connectivity index (χ1n) is 4.95. The van der Waals surface area contributed by atoms with E-state index >= 15 is 0 Å². The van der Waals surface area contributed by atoms with Gasteiger partial charge >= 0.3 is 0 Å². The van der Waals surface area contributed by atoms with Crippen molar-refractivity contribution in [1.29, 1.82) is 0 Å². The van der Waals surface area contributed by atoms with Crippen molar-refractivity contribution in [2.24, 2.45) is 0 Å². The third-order valence-electron chi connectivity index (χ3n) is 2.10.